The van der Waals surface area contributed by atoms with Gasteiger partial charge in [0.05, 0.1) is 0 Å². The lowest BCUT2D eigenvalue weighted by molar-refractivity contribution is 0.255. The number of rotatable bonds is 5. The van der Waals surface area contributed by atoms with E-state index in [-0.39, 0.29) is 5.82 Å². The number of hydrogen-bond acceptors (Lipinski definition) is 3. The third-order valence-electron chi connectivity index (χ3n) is 3.28. The van der Waals surface area contributed by atoms with Crippen LogP contribution in [0.25, 0.3) is 0 Å². The molecule has 1 aromatic heterocycles. The van der Waals surface area contributed by atoms with E-state index in [9.17, 15) is 13.6 Å². The molecule has 1 aromatic carbocycles. The summed E-state index contributed by atoms with van der Waals surface area (Å²) in [6, 6.07) is 5.72. The molecule has 1 heterocycles. The molecule has 0 atom stereocenters. The summed E-state index contributed by atoms with van der Waals surface area (Å²) in [5.74, 6) is -1.71. The Labute approximate surface area is 132 Å². The Balaban J connectivity index is 2.54. The lowest BCUT2D eigenvalue weighted by atomic mass is 10.1. The molecule has 7 heteroatoms. The average molecular weight is 320 g/mol. The van der Waals surface area contributed by atoms with Gasteiger partial charge in [-0.05, 0) is 56.1 Å². The Kier molecular flexibility index (Phi) is 5.23. The van der Waals surface area contributed by atoms with E-state index in [2.05, 4.69) is 4.98 Å². The van der Waals surface area contributed by atoms with Crippen LogP contribution in [0.5, 0.6) is 0 Å². The van der Waals surface area contributed by atoms with Crippen molar-refractivity contribution < 1.29 is 13.6 Å². The first-order chi connectivity index (χ1) is 10.9. The molecule has 0 saturated heterocycles. The molecule has 2 rings (SSSR count). The van der Waals surface area contributed by atoms with Gasteiger partial charge in [0.25, 0.3) is 0 Å². The number of nitrogens with zero attached hydrogens (tertiary/aromatic N) is 2. The zero-order valence-electron chi connectivity index (χ0n) is 12.7. The fraction of sp³-hybridized carbons (Fsp3) is 0.250. The molecule has 0 spiro atoms. The summed E-state index contributed by atoms with van der Waals surface area (Å²) in [5, 5.41) is 0. The van der Waals surface area contributed by atoms with Crippen LogP contribution in [0.2, 0.25) is 0 Å². The first-order valence-corrected chi connectivity index (χ1v) is 7.15. The fourth-order valence-electron chi connectivity index (χ4n) is 2.33. The third-order valence-corrected chi connectivity index (χ3v) is 3.28. The number of pyridine rings is 1. The Morgan fingerprint density at radius 2 is 1.91 bits per heavy atom. The summed E-state index contributed by atoms with van der Waals surface area (Å²) in [6.07, 6.45) is 1.41. The maximum Gasteiger partial charge on any atom is 0.325 e. The van der Waals surface area contributed by atoms with Crippen LogP contribution in [0.4, 0.5) is 25.1 Å². The molecule has 0 fully saturated rings. The Hall–Kier alpha value is -2.54. The Morgan fingerprint density at radius 3 is 2.48 bits per heavy atom. The van der Waals surface area contributed by atoms with E-state index in [0.29, 0.717) is 18.7 Å². The van der Waals surface area contributed by atoms with Gasteiger partial charge in [0.15, 0.2) is 0 Å². The van der Waals surface area contributed by atoms with E-state index >= 15 is 0 Å². The summed E-state index contributed by atoms with van der Waals surface area (Å²) in [5.41, 5.74) is 11.8. The predicted molar refractivity (Wildman–Crippen MR) is 84.4 cm³/mol. The monoisotopic (exact) mass is 320 g/mol. The van der Waals surface area contributed by atoms with Gasteiger partial charge in [0, 0.05) is 5.69 Å². The summed E-state index contributed by atoms with van der Waals surface area (Å²) in [4.78, 5) is 16.7. The number of benzene rings is 1. The number of carbonyl (C=O) groups excluding carboxylic acids is 1. The molecule has 2 aromatic rings. The number of primary amides is 1. The number of amides is 2. The molecule has 122 valence electrons. The van der Waals surface area contributed by atoms with Gasteiger partial charge in [0.2, 0.25) is 0 Å². The van der Waals surface area contributed by atoms with Gasteiger partial charge in [-0.3, -0.25) is 0 Å². The molecule has 0 unspecified atom stereocenters. The predicted octanol–water partition coefficient (Wildman–Crippen LogP) is 2.78. The zero-order valence-corrected chi connectivity index (χ0v) is 12.7. The number of carbonyl (C=O) groups is 1. The molecule has 5 nitrogen and oxygen atoms in total. The normalized spacial score (nSPS) is 10.6. The first-order valence-electron chi connectivity index (χ1n) is 7.15. The van der Waals surface area contributed by atoms with Gasteiger partial charge in [-0.1, -0.05) is 6.07 Å². The number of aromatic nitrogens is 1. The second-order valence-electron chi connectivity index (χ2n) is 5.11. The number of para-hydroxylation sites is 1. The maximum absolute atomic E-state index is 14.0. The Morgan fingerprint density at radius 1 is 1.26 bits per heavy atom. The summed E-state index contributed by atoms with van der Waals surface area (Å²) >= 11 is 0. The smallest absolute Gasteiger partial charge is 0.325 e. The number of hydrogen-bond donors (Lipinski definition) is 2. The second-order valence-corrected chi connectivity index (χ2v) is 5.11. The lowest BCUT2D eigenvalue weighted by Crippen LogP contribution is -2.33. The molecule has 2 amide bonds. The van der Waals surface area contributed by atoms with E-state index in [0.717, 1.165) is 29.0 Å². The van der Waals surface area contributed by atoms with E-state index in [1.807, 2.05) is 6.07 Å². The molecule has 4 N–H and O–H groups in total. The van der Waals surface area contributed by atoms with Crippen LogP contribution in [0.15, 0.2) is 30.3 Å². The molecule has 0 aliphatic heterocycles. The van der Waals surface area contributed by atoms with Gasteiger partial charge in [0.1, 0.15) is 23.1 Å². The molecular weight excluding hydrogens is 302 g/mol. The van der Waals surface area contributed by atoms with Crippen molar-refractivity contribution in [3.63, 3.8) is 0 Å². The summed E-state index contributed by atoms with van der Waals surface area (Å²) < 4.78 is 28.0. The van der Waals surface area contributed by atoms with E-state index in [1.165, 1.54) is 6.07 Å². The third kappa shape index (κ3) is 3.81. The van der Waals surface area contributed by atoms with Crippen LogP contribution in [-0.4, -0.2) is 17.6 Å². The average Bonchev–Trinajstić information content (AvgIpc) is 2.48. The van der Waals surface area contributed by atoms with Gasteiger partial charge in [-0.25, -0.2) is 23.5 Å². The van der Waals surface area contributed by atoms with Crippen LogP contribution < -0.4 is 16.4 Å². The topological polar surface area (TPSA) is 85.2 Å². The summed E-state index contributed by atoms with van der Waals surface area (Å²) in [7, 11) is 0. The molecule has 0 radical (unpaired) electrons. The van der Waals surface area contributed by atoms with Crippen LogP contribution in [-0.2, 0) is 6.42 Å². The van der Waals surface area contributed by atoms with Crippen molar-refractivity contribution in [2.45, 2.75) is 19.8 Å². The van der Waals surface area contributed by atoms with Crippen LogP contribution >= 0.6 is 0 Å². The van der Waals surface area contributed by atoms with Crippen molar-refractivity contribution in [1.29, 1.82) is 0 Å². The minimum Gasteiger partial charge on any atom is -0.351 e. The number of anilines is 2. The molecule has 23 heavy (non-hydrogen) atoms. The maximum atomic E-state index is 14.0. The van der Waals surface area contributed by atoms with Gasteiger partial charge >= 0.3 is 6.03 Å². The standard InChI is InChI=1S/C16H18F2N4O/c1-10-8-11(4-3-7-19)9-14(21-10)22(16(20)23)15-12(17)5-2-6-13(15)18/h2,5-6,8-9H,3-4,7,19H2,1H3,(H2,20,23). The highest BCUT2D eigenvalue weighted by molar-refractivity contribution is 5.97. The molecule has 0 saturated carbocycles. The highest BCUT2D eigenvalue weighted by atomic mass is 19.1. The second kappa shape index (κ2) is 7.15. The van der Waals surface area contributed by atoms with Crippen molar-refractivity contribution in [1.82, 2.24) is 4.98 Å². The van der Waals surface area contributed by atoms with Crippen molar-refractivity contribution >= 4 is 17.5 Å². The Bertz CT molecular complexity index is 701. The first kappa shape index (κ1) is 16.8. The highest BCUT2D eigenvalue weighted by Gasteiger charge is 2.24. The van der Waals surface area contributed by atoms with Crippen LogP contribution in [0.3, 0.4) is 0 Å². The van der Waals surface area contributed by atoms with Gasteiger partial charge in [-0.2, -0.15) is 0 Å². The van der Waals surface area contributed by atoms with E-state index in [4.69, 9.17) is 11.5 Å². The minimum atomic E-state index is -1.02. The van der Waals surface area contributed by atoms with Crippen molar-refractivity contribution in [3.05, 3.63) is 53.2 Å². The molecule has 0 bridgehead atoms. The van der Waals surface area contributed by atoms with Crippen LogP contribution in [0.1, 0.15) is 17.7 Å². The van der Waals surface area contributed by atoms with Crippen LogP contribution in [0, 0.1) is 18.6 Å². The lowest BCUT2D eigenvalue weighted by Gasteiger charge is -2.21. The van der Waals surface area contributed by atoms with E-state index < -0.39 is 23.4 Å². The number of nitrogens with two attached hydrogens (primary N) is 2. The fourth-order valence-corrected chi connectivity index (χ4v) is 2.33. The molecule has 0 aliphatic carbocycles. The van der Waals surface area contributed by atoms with Gasteiger partial charge in [-0.15, -0.1) is 0 Å². The molecular formula is C16H18F2N4O. The number of urea groups is 1. The van der Waals surface area contributed by atoms with Crippen molar-refractivity contribution in [3.8, 4) is 0 Å². The quantitative estimate of drug-likeness (QED) is 0.888. The van der Waals surface area contributed by atoms with Crippen molar-refractivity contribution in [2.75, 3.05) is 11.4 Å². The van der Waals surface area contributed by atoms with E-state index in [1.54, 1.807) is 13.0 Å². The minimum absolute atomic E-state index is 0.0773. The largest absolute Gasteiger partial charge is 0.351 e. The number of aryl methyl sites for hydroxylation is 2. The van der Waals surface area contributed by atoms with Gasteiger partial charge < -0.3 is 11.5 Å². The van der Waals surface area contributed by atoms with Crippen molar-refractivity contribution in [2.24, 2.45) is 11.5 Å². The summed E-state index contributed by atoms with van der Waals surface area (Å²) in [6.45, 7) is 2.24. The number of halogens is 2. The molecule has 0 aliphatic rings. The highest BCUT2D eigenvalue weighted by Crippen LogP contribution is 2.30. The SMILES string of the molecule is Cc1cc(CCCN)cc(N(C(N)=O)c2c(F)cccc2F)n1. The zero-order chi connectivity index (χ0) is 17.0.